The van der Waals surface area contributed by atoms with Crippen LogP contribution in [0, 0.1) is 13.8 Å². The summed E-state index contributed by atoms with van der Waals surface area (Å²) in [6.07, 6.45) is 3.04. The van der Waals surface area contributed by atoms with Crippen LogP contribution in [0.25, 0.3) is 10.9 Å². The van der Waals surface area contributed by atoms with Crippen LogP contribution in [0.15, 0.2) is 65.3 Å². The molecule has 0 fully saturated rings. The smallest absolute Gasteiger partial charge is 0.153 e. The fourth-order valence-electron chi connectivity index (χ4n) is 4.45. The van der Waals surface area contributed by atoms with E-state index in [0.717, 1.165) is 36.3 Å². The molecule has 5 rings (SSSR count). The van der Waals surface area contributed by atoms with Crippen LogP contribution in [0.1, 0.15) is 27.9 Å². The minimum atomic E-state index is 0.854. The van der Waals surface area contributed by atoms with Gasteiger partial charge in [0.2, 0.25) is 0 Å². The molecule has 0 unspecified atom stereocenters. The van der Waals surface area contributed by atoms with Crippen molar-refractivity contribution in [1.82, 2.24) is 9.55 Å². The van der Waals surface area contributed by atoms with Crippen molar-refractivity contribution in [2.24, 2.45) is 0 Å². The molecular weight excluding hydrogens is 422 g/mol. The Morgan fingerprint density at radius 1 is 0.966 bits per heavy atom. The van der Waals surface area contributed by atoms with Gasteiger partial charge in [-0.1, -0.05) is 52.3 Å². The first-order valence-electron chi connectivity index (χ1n) is 10.1. The Bertz CT molecular complexity index is 1190. The van der Waals surface area contributed by atoms with Crippen LogP contribution in [0.4, 0.5) is 5.82 Å². The van der Waals surface area contributed by atoms with Gasteiger partial charge in [-0.25, -0.2) is 4.98 Å². The second-order valence-corrected chi connectivity index (χ2v) is 8.81. The first-order valence-corrected chi connectivity index (χ1v) is 10.9. The maximum absolute atomic E-state index is 4.87. The summed E-state index contributed by atoms with van der Waals surface area (Å²) < 4.78 is 3.55. The molecule has 146 valence electrons. The predicted molar refractivity (Wildman–Crippen MR) is 124 cm³/mol. The first-order chi connectivity index (χ1) is 14.1. The first kappa shape index (κ1) is 18.4. The minimum absolute atomic E-state index is 0.854. The maximum atomic E-state index is 4.87. The highest BCUT2D eigenvalue weighted by molar-refractivity contribution is 9.10. The van der Waals surface area contributed by atoms with Gasteiger partial charge in [-0.2, -0.15) is 0 Å². The van der Waals surface area contributed by atoms with Gasteiger partial charge in [0.05, 0.1) is 5.52 Å². The Hall–Kier alpha value is -2.59. The fourth-order valence-corrected chi connectivity index (χ4v) is 4.72. The highest BCUT2D eigenvalue weighted by atomic mass is 79.9. The molecule has 1 aliphatic rings. The SMILES string of the molecule is Cc1c(C)n(Cc2ccc(Br)cc2)c2c(N3CCc4ccccc4C3)nccc12. The molecule has 4 aromatic rings. The Balaban J connectivity index is 1.61. The highest BCUT2D eigenvalue weighted by Crippen LogP contribution is 2.34. The second kappa shape index (κ2) is 7.34. The number of halogens is 1. The van der Waals surface area contributed by atoms with Gasteiger partial charge in [-0.05, 0) is 60.7 Å². The van der Waals surface area contributed by atoms with E-state index >= 15 is 0 Å². The van der Waals surface area contributed by atoms with Crippen molar-refractivity contribution >= 4 is 32.7 Å². The lowest BCUT2D eigenvalue weighted by atomic mass is 10.00. The molecule has 29 heavy (non-hydrogen) atoms. The number of anilines is 1. The monoisotopic (exact) mass is 445 g/mol. The van der Waals surface area contributed by atoms with Crippen molar-refractivity contribution in [2.45, 2.75) is 33.4 Å². The van der Waals surface area contributed by atoms with E-state index in [1.54, 1.807) is 0 Å². The number of hydrogen-bond acceptors (Lipinski definition) is 2. The largest absolute Gasteiger partial charge is 0.350 e. The number of rotatable bonds is 3. The summed E-state index contributed by atoms with van der Waals surface area (Å²) in [5.41, 5.74) is 8.09. The van der Waals surface area contributed by atoms with Gasteiger partial charge in [0.1, 0.15) is 0 Å². The number of hydrogen-bond donors (Lipinski definition) is 0. The van der Waals surface area contributed by atoms with Crippen LogP contribution in [0.2, 0.25) is 0 Å². The number of pyridine rings is 1. The molecule has 2 aromatic carbocycles. The number of aryl methyl sites for hydroxylation is 1. The van der Waals surface area contributed by atoms with E-state index in [0.29, 0.717) is 0 Å². The van der Waals surface area contributed by atoms with E-state index in [2.05, 4.69) is 93.8 Å². The molecule has 0 bridgehead atoms. The van der Waals surface area contributed by atoms with Gasteiger partial charge < -0.3 is 9.47 Å². The summed E-state index contributed by atoms with van der Waals surface area (Å²) in [5.74, 6) is 1.10. The Morgan fingerprint density at radius 2 is 1.72 bits per heavy atom. The van der Waals surface area contributed by atoms with E-state index in [1.807, 2.05) is 6.20 Å². The van der Waals surface area contributed by atoms with Crippen LogP contribution >= 0.6 is 15.9 Å². The molecule has 1 aliphatic heterocycles. The molecule has 3 nitrogen and oxygen atoms in total. The summed E-state index contributed by atoms with van der Waals surface area (Å²) in [4.78, 5) is 7.32. The quantitative estimate of drug-likeness (QED) is 0.383. The Kier molecular flexibility index (Phi) is 4.67. The molecule has 0 aliphatic carbocycles. The minimum Gasteiger partial charge on any atom is -0.350 e. The topological polar surface area (TPSA) is 21.1 Å². The number of aromatic nitrogens is 2. The lowest BCUT2D eigenvalue weighted by molar-refractivity contribution is 0.717. The molecule has 0 saturated carbocycles. The molecule has 0 N–H and O–H groups in total. The zero-order chi connectivity index (χ0) is 20.0. The lowest BCUT2D eigenvalue weighted by Crippen LogP contribution is -2.31. The van der Waals surface area contributed by atoms with Crippen LogP contribution in [0.5, 0.6) is 0 Å². The molecule has 4 heteroatoms. The standard InChI is InChI=1S/C25H24BrN3/c1-17-18(2)29(15-19-7-9-22(26)10-8-19)24-23(17)11-13-27-25(24)28-14-12-20-5-3-4-6-21(20)16-28/h3-11,13H,12,14-16H2,1-2H3. The van der Waals surface area contributed by atoms with Crippen molar-refractivity contribution in [1.29, 1.82) is 0 Å². The van der Waals surface area contributed by atoms with Crippen molar-refractivity contribution < 1.29 is 0 Å². The van der Waals surface area contributed by atoms with Gasteiger partial charge in [0.25, 0.3) is 0 Å². The maximum Gasteiger partial charge on any atom is 0.153 e. The third-order valence-electron chi connectivity index (χ3n) is 6.21. The summed E-state index contributed by atoms with van der Waals surface area (Å²) >= 11 is 3.54. The highest BCUT2D eigenvalue weighted by Gasteiger charge is 2.22. The molecule has 0 spiro atoms. The normalized spacial score (nSPS) is 13.7. The average Bonchev–Trinajstić information content (AvgIpc) is 3.00. The van der Waals surface area contributed by atoms with Crippen LogP contribution in [-0.4, -0.2) is 16.1 Å². The van der Waals surface area contributed by atoms with Crippen LogP contribution in [0.3, 0.4) is 0 Å². The van der Waals surface area contributed by atoms with E-state index in [9.17, 15) is 0 Å². The lowest BCUT2D eigenvalue weighted by Gasteiger charge is -2.30. The number of fused-ring (bicyclic) bond motifs is 2. The molecular formula is C25H24BrN3. The van der Waals surface area contributed by atoms with Crippen LogP contribution in [-0.2, 0) is 19.5 Å². The summed E-state index contributed by atoms with van der Waals surface area (Å²) in [7, 11) is 0. The third kappa shape index (κ3) is 3.25. The van der Waals surface area contributed by atoms with Crippen molar-refractivity contribution in [2.75, 3.05) is 11.4 Å². The van der Waals surface area contributed by atoms with Gasteiger partial charge in [0.15, 0.2) is 5.82 Å². The molecule has 0 radical (unpaired) electrons. The summed E-state index contributed by atoms with van der Waals surface area (Å²) in [6.45, 7) is 7.23. The average molecular weight is 446 g/mol. The Morgan fingerprint density at radius 3 is 2.52 bits per heavy atom. The van der Waals surface area contributed by atoms with Gasteiger partial charge in [0, 0.05) is 41.4 Å². The van der Waals surface area contributed by atoms with Crippen molar-refractivity contribution in [3.63, 3.8) is 0 Å². The third-order valence-corrected chi connectivity index (χ3v) is 6.74. The van der Waals surface area contributed by atoms with Crippen molar-refractivity contribution in [3.8, 4) is 0 Å². The van der Waals surface area contributed by atoms with Gasteiger partial charge in [-0.3, -0.25) is 0 Å². The molecule has 0 amide bonds. The van der Waals surface area contributed by atoms with E-state index in [4.69, 9.17) is 4.98 Å². The molecule has 3 heterocycles. The van der Waals surface area contributed by atoms with Gasteiger partial charge in [-0.15, -0.1) is 0 Å². The number of nitrogens with zero attached hydrogens (tertiary/aromatic N) is 3. The van der Waals surface area contributed by atoms with Crippen molar-refractivity contribution in [3.05, 3.63) is 93.2 Å². The zero-order valence-corrected chi connectivity index (χ0v) is 18.4. The van der Waals surface area contributed by atoms with Gasteiger partial charge >= 0.3 is 0 Å². The van der Waals surface area contributed by atoms with E-state index in [1.165, 1.54) is 38.9 Å². The molecule has 0 saturated heterocycles. The molecule has 2 aromatic heterocycles. The van der Waals surface area contributed by atoms with E-state index in [-0.39, 0.29) is 0 Å². The zero-order valence-electron chi connectivity index (χ0n) is 16.8. The molecule has 0 atom stereocenters. The number of benzene rings is 2. The second-order valence-electron chi connectivity index (χ2n) is 7.89. The van der Waals surface area contributed by atoms with E-state index < -0.39 is 0 Å². The van der Waals surface area contributed by atoms with Crippen LogP contribution < -0.4 is 4.90 Å². The predicted octanol–water partition coefficient (Wildman–Crippen LogP) is 6.03. The fraction of sp³-hybridized carbons (Fsp3) is 0.240. The summed E-state index contributed by atoms with van der Waals surface area (Å²) in [6, 6.07) is 19.6. The summed E-state index contributed by atoms with van der Waals surface area (Å²) in [5, 5.41) is 1.31. The Labute approximate surface area is 180 Å².